The van der Waals surface area contributed by atoms with Crippen molar-refractivity contribution in [2.45, 2.75) is 18.9 Å². The number of hydrogen-bond acceptors (Lipinski definition) is 5. The fourth-order valence-electron chi connectivity index (χ4n) is 2.60. The Bertz CT molecular complexity index is 786. The SMILES string of the molecule is COC(=O)C(NC(=O)Cc1ccc2c(c1)NC(=O)C2)c1ccsc1. The summed E-state index contributed by atoms with van der Waals surface area (Å²) in [6.45, 7) is 0. The number of benzene rings is 1. The molecule has 1 aliphatic rings. The molecule has 0 saturated heterocycles. The quantitative estimate of drug-likeness (QED) is 0.810. The highest BCUT2D eigenvalue weighted by atomic mass is 32.1. The van der Waals surface area contributed by atoms with Crippen molar-refractivity contribution in [3.05, 3.63) is 51.7 Å². The first-order valence-corrected chi connectivity index (χ1v) is 8.32. The third-order valence-corrected chi connectivity index (χ3v) is 4.48. The Morgan fingerprint density at radius 1 is 1.38 bits per heavy atom. The van der Waals surface area contributed by atoms with E-state index >= 15 is 0 Å². The molecule has 0 bridgehead atoms. The zero-order chi connectivity index (χ0) is 17.1. The molecular formula is C17H16N2O4S. The Labute approximate surface area is 142 Å². The van der Waals surface area contributed by atoms with Crippen LogP contribution in [0, 0.1) is 0 Å². The average Bonchev–Trinajstić information content (AvgIpc) is 3.20. The zero-order valence-corrected chi connectivity index (χ0v) is 13.8. The Balaban J connectivity index is 1.69. The lowest BCUT2D eigenvalue weighted by Gasteiger charge is -2.15. The monoisotopic (exact) mass is 344 g/mol. The number of carbonyl (C=O) groups excluding carboxylic acids is 3. The summed E-state index contributed by atoms with van der Waals surface area (Å²) in [6.07, 6.45) is 0.477. The summed E-state index contributed by atoms with van der Waals surface area (Å²) in [5, 5.41) is 9.09. The smallest absolute Gasteiger partial charge is 0.333 e. The zero-order valence-electron chi connectivity index (χ0n) is 13.0. The van der Waals surface area contributed by atoms with Gasteiger partial charge in [0.05, 0.1) is 20.0 Å². The number of fused-ring (bicyclic) bond motifs is 1. The van der Waals surface area contributed by atoms with E-state index in [0.717, 1.165) is 16.8 Å². The molecule has 6 nitrogen and oxygen atoms in total. The van der Waals surface area contributed by atoms with Crippen molar-refractivity contribution in [3.63, 3.8) is 0 Å². The molecule has 2 N–H and O–H groups in total. The highest BCUT2D eigenvalue weighted by molar-refractivity contribution is 7.08. The van der Waals surface area contributed by atoms with Crippen LogP contribution in [0.3, 0.4) is 0 Å². The summed E-state index contributed by atoms with van der Waals surface area (Å²) < 4.78 is 4.76. The molecule has 1 aliphatic heterocycles. The number of amides is 2. The first kappa shape index (κ1) is 16.2. The van der Waals surface area contributed by atoms with Crippen LogP contribution < -0.4 is 10.6 Å². The van der Waals surface area contributed by atoms with Crippen molar-refractivity contribution in [1.29, 1.82) is 0 Å². The van der Waals surface area contributed by atoms with Crippen molar-refractivity contribution in [2.75, 3.05) is 12.4 Å². The second-order valence-corrected chi connectivity index (χ2v) is 6.25. The molecule has 1 unspecified atom stereocenters. The van der Waals surface area contributed by atoms with Crippen molar-refractivity contribution in [3.8, 4) is 0 Å². The molecule has 1 atom stereocenters. The van der Waals surface area contributed by atoms with Gasteiger partial charge in [0, 0.05) is 5.69 Å². The lowest BCUT2D eigenvalue weighted by molar-refractivity contribution is -0.145. The van der Waals surface area contributed by atoms with Gasteiger partial charge in [0.1, 0.15) is 0 Å². The minimum absolute atomic E-state index is 0.0465. The molecule has 0 fully saturated rings. The molecule has 7 heteroatoms. The predicted octanol–water partition coefficient (Wildman–Crippen LogP) is 1.82. The van der Waals surface area contributed by atoms with Crippen LogP contribution in [0.15, 0.2) is 35.0 Å². The number of rotatable bonds is 5. The van der Waals surface area contributed by atoms with E-state index in [1.165, 1.54) is 18.4 Å². The van der Waals surface area contributed by atoms with E-state index < -0.39 is 12.0 Å². The third kappa shape index (κ3) is 3.46. The Morgan fingerprint density at radius 2 is 2.21 bits per heavy atom. The molecule has 2 amide bonds. The Morgan fingerprint density at radius 3 is 2.92 bits per heavy atom. The highest BCUT2D eigenvalue weighted by Gasteiger charge is 2.24. The van der Waals surface area contributed by atoms with Gasteiger partial charge in [0.2, 0.25) is 11.8 Å². The number of ether oxygens (including phenoxy) is 1. The van der Waals surface area contributed by atoms with Crippen LogP contribution in [-0.4, -0.2) is 24.9 Å². The lowest BCUT2D eigenvalue weighted by Crippen LogP contribution is -2.35. The van der Waals surface area contributed by atoms with E-state index in [-0.39, 0.29) is 18.2 Å². The minimum atomic E-state index is -0.817. The Hall–Kier alpha value is -2.67. The van der Waals surface area contributed by atoms with Crippen LogP contribution in [0.1, 0.15) is 22.7 Å². The molecule has 1 aromatic heterocycles. The van der Waals surface area contributed by atoms with Crippen LogP contribution in [0.2, 0.25) is 0 Å². The normalized spacial score (nSPS) is 13.8. The fraction of sp³-hybridized carbons (Fsp3) is 0.235. The second kappa shape index (κ2) is 6.84. The largest absolute Gasteiger partial charge is 0.467 e. The molecule has 3 rings (SSSR count). The predicted molar refractivity (Wildman–Crippen MR) is 89.7 cm³/mol. The van der Waals surface area contributed by atoms with Gasteiger partial charge in [-0.25, -0.2) is 4.79 Å². The van der Waals surface area contributed by atoms with Gasteiger partial charge < -0.3 is 15.4 Å². The van der Waals surface area contributed by atoms with Gasteiger partial charge in [0.15, 0.2) is 6.04 Å². The van der Waals surface area contributed by atoms with E-state index in [1.807, 2.05) is 17.5 Å². The number of hydrogen-bond donors (Lipinski definition) is 2. The van der Waals surface area contributed by atoms with Gasteiger partial charge in [-0.2, -0.15) is 11.3 Å². The van der Waals surface area contributed by atoms with Crippen LogP contribution >= 0.6 is 11.3 Å². The minimum Gasteiger partial charge on any atom is -0.467 e. The molecule has 124 valence electrons. The number of carbonyl (C=O) groups is 3. The van der Waals surface area contributed by atoms with Gasteiger partial charge in [0.25, 0.3) is 0 Å². The van der Waals surface area contributed by atoms with Gasteiger partial charge in [-0.3, -0.25) is 9.59 Å². The maximum absolute atomic E-state index is 12.3. The molecule has 0 radical (unpaired) electrons. The van der Waals surface area contributed by atoms with E-state index in [1.54, 1.807) is 17.5 Å². The number of thiophene rings is 1. The molecule has 1 aromatic carbocycles. The van der Waals surface area contributed by atoms with Crippen LogP contribution in [0.4, 0.5) is 5.69 Å². The molecule has 0 aliphatic carbocycles. The van der Waals surface area contributed by atoms with Crippen molar-refractivity contribution < 1.29 is 19.1 Å². The number of methoxy groups -OCH3 is 1. The number of anilines is 1. The first-order valence-electron chi connectivity index (χ1n) is 7.38. The summed E-state index contributed by atoms with van der Waals surface area (Å²) in [5.74, 6) is -0.848. The molecule has 2 heterocycles. The van der Waals surface area contributed by atoms with E-state index in [2.05, 4.69) is 10.6 Å². The van der Waals surface area contributed by atoms with Gasteiger partial charge in [-0.15, -0.1) is 0 Å². The Kier molecular flexibility index (Phi) is 4.61. The second-order valence-electron chi connectivity index (χ2n) is 5.47. The van der Waals surface area contributed by atoms with Crippen molar-refractivity contribution >= 4 is 34.8 Å². The van der Waals surface area contributed by atoms with E-state index in [4.69, 9.17) is 4.74 Å². The van der Waals surface area contributed by atoms with Gasteiger partial charge in [-0.1, -0.05) is 12.1 Å². The summed E-state index contributed by atoms with van der Waals surface area (Å²) in [7, 11) is 1.29. The number of nitrogens with one attached hydrogen (secondary N) is 2. The van der Waals surface area contributed by atoms with Crippen molar-refractivity contribution in [1.82, 2.24) is 5.32 Å². The highest BCUT2D eigenvalue weighted by Crippen LogP contribution is 2.24. The standard InChI is InChI=1S/C17H16N2O4S/c1-23-17(22)16(12-4-5-24-9-12)19-14(20)7-10-2-3-11-8-15(21)18-13(11)6-10/h2-6,9,16H,7-8H2,1H3,(H,18,21)(H,19,20). The van der Waals surface area contributed by atoms with Crippen molar-refractivity contribution in [2.24, 2.45) is 0 Å². The maximum Gasteiger partial charge on any atom is 0.333 e. The lowest BCUT2D eigenvalue weighted by atomic mass is 10.1. The molecule has 0 spiro atoms. The summed E-state index contributed by atoms with van der Waals surface area (Å²) in [5.41, 5.74) is 3.13. The maximum atomic E-state index is 12.3. The van der Waals surface area contributed by atoms with E-state index in [9.17, 15) is 14.4 Å². The topological polar surface area (TPSA) is 84.5 Å². The summed E-state index contributed by atoms with van der Waals surface area (Å²) in [4.78, 5) is 35.6. The summed E-state index contributed by atoms with van der Waals surface area (Å²) in [6, 6.07) is 6.40. The third-order valence-electron chi connectivity index (χ3n) is 3.78. The van der Waals surface area contributed by atoms with Crippen LogP contribution in [0.25, 0.3) is 0 Å². The molecule has 0 saturated carbocycles. The summed E-state index contributed by atoms with van der Waals surface area (Å²) >= 11 is 1.44. The number of esters is 1. The molecular weight excluding hydrogens is 328 g/mol. The first-order chi connectivity index (χ1) is 11.6. The van der Waals surface area contributed by atoms with Crippen LogP contribution in [0.5, 0.6) is 0 Å². The fourth-order valence-corrected chi connectivity index (χ4v) is 3.29. The molecule has 24 heavy (non-hydrogen) atoms. The van der Waals surface area contributed by atoms with E-state index in [0.29, 0.717) is 12.0 Å². The van der Waals surface area contributed by atoms with Gasteiger partial charge >= 0.3 is 5.97 Å². The molecule has 2 aromatic rings. The van der Waals surface area contributed by atoms with Gasteiger partial charge in [-0.05, 0) is 39.6 Å². The average molecular weight is 344 g/mol. The van der Waals surface area contributed by atoms with Crippen LogP contribution in [-0.2, 0) is 32.0 Å².